The number of aromatic nitrogens is 1. The second-order valence-electron chi connectivity index (χ2n) is 1.91. The highest BCUT2D eigenvalue weighted by Crippen LogP contribution is 2.18. The van der Waals surface area contributed by atoms with Crippen molar-refractivity contribution in [2.24, 2.45) is 0 Å². The Balaban J connectivity index is 3.34. The smallest absolute Gasteiger partial charge is 0.290 e. The summed E-state index contributed by atoms with van der Waals surface area (Å²) < 4.78 is 0.572. The van der Waals surface area contributed by atoms with Gasteiger partial charge in [0.25, 0.3) is 5.15 Å². The first-order valence-electron chi connectivity index (χ1n) is 2.66. The van der Waals surface area contributed by atoms with Gasteiger partial charge in [0.2, 0.25) is 0 Å². The molecule has 0 bridgehead atoms. The average molecular weight is 178 g/mol. The van der Waals surface area contributed by atoms with Gasteiger partial charge in [-0.15, -0.1) is 0 Å². The normalized spacial score (nSPS) is 9.90. The number of hydrogen-bond donors (Lipinski definition) is 0. The van der Waals surface area contributed by atoms with Crippen LogP contribution in [0.4, 0.5) is 0 Å². The molecule has 0 fully saturated rings. The van der Waals surface area contributed by atoms with Gasteiger partial charge in [-0.05, 0) is 18.5 Å². The predicted molar refractivity (Wildman–Crippen MR) is 40.2 cm³/mol. The monoisotopic (exact) mass is 177 g/mol. The molecule has 0 aliphatic rings. The predicted octanol–water partition coefficient (Wildman–Crippen LogP) is 1.94. The summed E-state index contributed by atoms with van der Waals surface area (Å²) in [7, 11) is 0. The van der Waals surface area contributed by atoms with E-state index in [9.17, 15) is 5.21 Å². The fourth-order valence-corrected chi connectivity index (χ4v) is 0.940. The quantitative estimate of drug-likeness (QED) is 0.338. The van der Waals surface area contributed by atoms with E-state index in [0.29, 0.717) is 15.3 Å². The van der Waals surface area contributed by atoms with Crippen molar-refractivity contribution in [1.29, 1.82) is 0 Å². The van der Waals surface area contributed by atoms with Gasteiger partial charge in [-0.25, -0.2) is 0 Å². The van der Waals surface area contributed by atoms with Gasteiger partial charge in [0.1, 0.15) is 0 Å². The molecule has 54 valence electrons. The Morgan fingerprint density at radius 1 is 1.50 bits per heavy atom. The van der Waals surface area contributed by atoms with Crippen molar-refractivity contribution in [3.05, 3.63) is 33.2 Å². The van der Waals surface area contributed by atoms with Gasteiger partial charge < -0.3 is 5.21 Å². The Kier molecular flexibility index (Phi) is 2.02. The first-order valence-corrected chi connectivity index (χ1v) is 3.42. The number of rotatable bonds is 0. The van der Waals surface area contributed by atoms with Crippen LogP contribution < -0.4 is 4.73 Å². The molecule has 0 aliphatic carbocycles. The molecular formula is C6H5Cl2NO. The standard InChI is InChI=1S/C6H5Cl2NO/c1-4-5(7)2-3-9(10)6(4)8/h2-3H,1H3. The minimum Gasteiger partial charge on any atom is -0.618 e. The fraction of sp³-hybridized carbons (Fsp3) is 0.167. The minimum absolute atomic E-state index is 0.132. The van der Waals surface area contributed by atoms with E-state index in [0.717, 1.165) is 0 Å². The SMILES string of the molecule is Cc1c(Cl)cc[n+]([O-])c1Cl. The lowest BCUT2D eigenvalue weighted by Crippen LogP contribution is -2.27. The topological polar surface area (TPSA) is 26.9 Å². The van der Waals surface area contributed by atoms with E-state index in [1.807, 2.05) is 0 Å². The molecule has 0 saturated heterocycles. The summed E-state index contributed by atoms with van der Waals surface area (Å²) in [5.41, 5.74) is 0.612. The molecule has 0 atom stereocenters. The molecule has 1 aromatic rings. The summed E-state index contributed by atoms with van der Waals surface area (Å²) in [5, 5.41) is 11.4. The molecule has 1 heterocycles. The van der Waals surface area contributed by atoms with Gasteiger partial charge in [0.05, 0.1) is 10.6 Å². The van der Waals surface area contributed by atoms with Crippen LogP contribution in [0.2, 0.25) is 10.2 Å². The van der Waals surface area contributed by atoms with E-state index in [2.05, 4.69) is 0 Å². The van der Waals surface area contributed by atoms with Crippen LogP contribution in [0.1, 0.15) is 5.56 Å². The second kappa shape index (κ2) is 2.64. The molecule has 0 radical (unpaired) electrons. The maximum absolute atomic E-state index is 10.7. The lowest BCUT2D eigenvalue weighted by atomic mass is 10.3. The van der Waals surface area contributed by atoms with Gasteiger partial charge in [-0.1, -0.05) is 11.6 Å². The van der Waals surface area contributed by atoms with Crippen molar-refractivity contribution < 1.29 is 4.73 Å². The summed E-state index contributed by atoms with van der Waals surface area (Å²) >= 11 is 11.2. The number of pyridine rings is 1. The Hall–Kier alpha value is -0.470. The molecule has 0 unspecified atom stereocenters. The molecule has 10 heavy (non-hydrogen) atoms. The maximum Gasteiger partial charge on any atom is 0.290 e. The third-order valence-corrected chi connectivity index (χ3v) is 2.08. The van der Waals surface area contributed by atoms with Crippen LogP contribution in [0.5, 0.6) is 0 Å². The van der Waals surface area contributed by atoms with Crippen molar-refractivity contribution in [3.63, 3.8) is 0 Å². The second-order valence-corrected chi connectivity index (χ2v) is 2.67. The van der Waals surface area contributed by atoms with Crippen LogP contribution >= 0.6 is 23.2 Å². The molecule has 0 aliphatic heterocycles. The van der Waals surface area contributed by atoms with Gasteiger partial charge in [-0.2, -0.15) is 4.73 Å². The third-order valence-electron chi connectivity index (χ3n) is 1.22. The van der Waals surface area contributed by atoms with Crippen LogP contribution in [-0.2, 0) is 0 Å². The van der Waals surface area contributed by atoms with Crippen molar-refractivity contribution in [1.82, 2.24) is 0 Å². The lowest BCUT2D eigenvalue weighted by molar-refractivity contribution is -0.603. The molecule has 0 aromatic carbocycles. The molecule has 0 amide bonds. The zero-order valence-corrected chi connectivity index (χ0v) is 6.78. The largest absolute Gasteiger partial charge is 0.618 e. The van der Waals surface area contributed by atoms with Crippen LogP contribution in [0.15, 0.2) is 12.3 Å². The highest BCUT2D eigenvalue weighted by atomic mass is 35.5. The van der Waals surface area contributed by atoms with E-state index in [1.165, 1.54) is 12.3 Å². The van der Waals surface area contributed by atoms with Crippen LogP contribution in [0.25, 0.3) is 0 Å². The summed E-state index contributed by atoms with van der Waals surface area (Å²) in [6.45, 7) is 1.69. The summed E-state index contributed by atoms with van der Waals surface area (Å²) in [6.07, 6.45) is 1.28. The van der Waals surface area contributed by atoms with Crippen molar-refractivity contribution >= 4 is 23.2 Å². The van der Waals surface area contributed by atoms with Crippen molar-refractivity contribution in [2.75, 3.05) is 0 Å². The Labute approximate surface area is 68.6 Å². The van der Waals surface area contributed by atoms with Crippen LogP contribution in [-0.4, -0.2) is 0 Å². The zero-order chi connectivity index (χ0) is 7.72. The number of nitrogens with zero attached hydrogens (tertiary/aromatic N) is 1. The molecule has 1 rings (SSSR count). The zero-order valence-electron chi connectivity index (χ0n) is 5.27. The maximum atomic E-state index is 10.7. The first-order chi connectivity index (χ1) is 4.63. The van der Waals surface area contributed by atoms with E-state index < -0.39 is 0 Å². The summed E-state index contributed by atoms with van der Waals surface area (Å²) in [5.74, 6) is 0. The number of halogens is 2. The molecule has 0 saturated carbocycles. The minimum atomic E-state index is 0.132. The highest BCUT2D eigenvalue weighted by molar-refractivity contribution is 6.34. The van der Waals surface area contributed by atoms with Crippen molar-refractivity contribution in [3.8, 4) is 0 Å². The van der Waals surface area contributed by atoms with Gasteiger partial charge in [0.15, 0.2) is 6.20 Å². The average Bonchev–Trinajstić information content (AvgIpc) is 1.93. The first kappa shape index (κ1) is 7.63. The molecule has 0 spiro atoms. The Bertz CT molecular complexity index is 235. The van der Waals surface area contributed by atoms with Crippen molar-refractivity contribution in [2.45, 2.75) is 6.92 Å². The van der Waals surface area contributed by atoms with E-state index in [-0.39, 0.29) is 5.15 Å². The molecular weight excluding hydrogens is 173 g/mol. The summed E-state index contributed by atoms with van der Waals surface area (Å²) in [6, 6.07) is 1.51. The van der Waals surface area contributed by atoms with Gasteiger partial charge >= 0.3 is 0 Å². The van der Waals surface area contributed by atoms with Gasteiger partial charge in [-0.3, -0.25) is 0 Å². The van der Waals surface area contributed by atoms with Gasteiger partial charge in [0, 0.05) is 6.07 Å². The van der Waals surface area contributed by atoms with Crippen LogP contribution in [0, 0.1) is 12.1 Å². The van der Waals surface area contributed by atoms with E-state index in [1.54, 1.807) is 6.92 Å². The number of hydrogen-bond acceptors (Lipinski definition) is 1. The Morgan fingerprint density at radius 2 is 2.10 bits per heavy atom. The van der Waals surface area contributed by atoms with Crippen LogP contribution in [0.3, 0.4) is 0 Å². The summed E-state index contributed by atoms with van der Waals surface area (Å²) in [4.78, 5) is 0. The molecule has 4 heteroatoms. The molecule has 0 N–H and O–H groups in total. The van der Waals surface area contributed by atoms with E-state index in [4.69, 9.17) is 23.2 Å². The molecule has 1 aromatic heterocycles. The molecule has 2 nitrogen and oxygen atoms in total. The lowest BCUT2D eigenvalue weighted by Gasteiger charge is -2.00. The fourth-order valence-electron chi connectivity index (χ4n) is 0.587. The Morgan fingerprint density at radius 3 is 2.60 bits per heavy atom. The highest BCUT2D eigenvalue weighted by Gasteiger charge is 2.08. The third kappa shape index (κ3) is 1.18. The van der Waals surface area contributed by atoms with E-state index >= 15 is 0 Å².